The van der Waals surface area contributed by atoms with Gasteiger partial charge in [0.25, 0.3) is 6.86 Å². The van der Waals surface area contributed by atoms with Gasteiger partial charge in [-0.2, -0.15) is 4.73 Å². The van der Waals surface area contributed by atoms with Crippen molar-refractivity contribution in [3.8, 4) is 11.5 Å². The standard InChI is InChI=1S/C16H16FN3O3S/c1-21-14-7-8-18-12(15(14)22-2)9-24-16-19-11-5-3-4-6-13(11)20(16)23-10-17/h3-8H,9-10H2,1-2H3. The number of fused-ring (bicyclic) bond motifs is 1. The van der Waals surface area contributed by atoms with Gasteiger partial charge in [-0.1, -0.05) is 23.9 Å². The molecule has 8 heteroatoms. The second-order valence-electron chi connectivity index (χ2n) is 4.70. The van der Waals surface area contributed by atoms with Gasteiger partial charge >= 0.3 is 0 Å². The largest absolute Gasteiger partial charge is 0.493 e. The summed E-state index contributed by atoms with van der Waals surface area (Å²) in [6.07, 6.45) is 1.65. The summed E-state index contributed by atoms with van der Waals surface area (Å²) in [5, 5.41) is 0.542. The van der Waals surface area contributed by atoms with Crippen LogP contribution in [0.15, 0.2) is 41.7 Å². The number of hydrogen-bond donors (Lipinski definition) is 0. The van der Waals surface area contributed by atoms with E-state index < -0.39 is 6.86 Å². The van der Waals surface area contributed by atoms with Gasteiger partial charge in [0.1, 0.15) is 5.52 Å². The minimum Gasteiger partial charge on any atom is -0.493 e. The van der Waals surface area contributed by atoms with Crippen molar-refractivity contribution in [1.29, 1.82) is 0 Å². The van der Waals surface area contributed by atoms with Crippen LogP contribution in [0, 0.1) is 0 Å². The minimum atomic E-state index is -0.936. The third kappa shape index (κ3) is 3.09. The molecule has 6 nitrogen and oxygen atoms in total. The molecule has 2 aromatic heterocycles. The van der Waals surface area contributed by atoms with Crippen LogP contribution < -0.4 is 14.3 Å². The van der Waals surface area contributed by atoms with Crippen molar-refractivity contribution in [2.75, 3.05) is 21.1 Å². The first-order valence-electron chi connectivity index (χ1n) is 7.14. The molecule has 1 aromatic carbocycles. The van der Waals surface area contributed by atoms with Crippen molar-refractivity contribution in [3.05, 3.63) is 42.2 Å². The lowest BCUT2D eigenvalue weighted by molar-refractivity contribution is 0.0351. The summed E-state index contributed by atoms with van der Waals surface area (Å²) in [5.74, 6) is 1.65. The topological polar surface area (TPSA) is 58.4 Å². The number of rotatable bonds is 7. The zero-order valence-corrected chi connectivity index (χ0v) is 14.0. The van der Waals surface area contributed by atoms with Gasteiger partial charge in [-0.15, -0.1) is 0 Å². The summed E-state index contributed by atoms with van der Waals surface area (Å²) >= 11 is 1.38. The number of thioether (sulfide) groups is 1. The molecule has 0 fully saturated rings. The molecule has 24 heavy (non-hydrogen) atoms. The van der Waals surface area contributed by atoms with Gasteiger partial charge in [0, 0.05) is 18.0 Å². The summed E-state index contributed by atoms with van der Waals surface area (Å²) in [7, 11) is 3.14. The van der Waals surface area contributed by atoms with Crippen molar-refractivity contribution in [2.24, 2.45) is 0 Å². The average Bonchev–Trinajstić information content (AvgIpc) is 2.97. The monoisotopic (exact) mass is 349 g/mol. The molecule has 126 valence electrons. The van der Waals surface area contributed by atoms with Crippen LogP contribution >= 0.6 is 11.8 Å². The minimum absolute atomic E-state index is 0.472. The number of alkyl halides is 1. The maximum Gasteiger partial charge on any atom is 0.253 e. The average molecular weight is 349 g/mol. The summed E-state index contributed by atoms with van der Waals surface area (Å²) in [5.41, 5.74) is 2.16. The number of aromatic nitrogens is 3. The van der Waals surface area contributed by atoms with Crippen molar-refractivity contribution in [3.63, 3.8) is 0 Å². The molecule has 0 radical (unpaired) electrons. The Bertz CT molecular complexity index is 841. The second kappa shape index (κ2) is 7.39. The van der Waals surface area contributed by atoms with Crippen LogP contribution in [0.25, 0.3) is 11.0 Å². The fraction of sp³-hybridized carbons (Fsp3) is 0.250. The zero-order valence-electron chi connectivity index (χ0n) is 13.2. The number of ether oxygens (including phenoxy) is 2. The van der Waals surface area contributed by atoms with Crippen LogP contribution in [0.5, 0.6) is 11.5 Å². The number of benzene rings is 1. The SMILES string of the molecule is COc1ccnc(CSc2nc3ccccc3n2OCF)c1OC. The molecule has 0 bridgehead atoms. The van der Waals surface area contributed by atoms with E-state index in [-0.39, 0.29) is 0 Å². The summed E-state index contributed by atoms with van der Waals surface area (Å²) in [6, 6.07) is 9.13. The van der Waals surface area contributed by atoms with Crippen molar-refractivity contribution in [2.45, 2.75) is 10.9 Å². The quantitative estimate of drug-likeness (QED) is 0.611. The maximum absolute atomic E-state index is 12.7. The van der Waals surface area contributed by atoms with Gasteiger partial charge in [-0.3, -0.25) is 4.98 Å². The predicted octanol–water partition coefficient (Wildman–Crippen LogP) is 3.10. The third-order valence-corrected chi connectivity index (χ3v) is 4.31. The molecule has 3 rings (SSSR count). The number of nitrogens with zero attached hydrogens (tertiary/aromatic N) is 3. The first kappa shape index (κ1) is 16.4. The predicted molar refractivity (Wildman–Crippen MR) is 89.2 cm³/mol. The van der Waals surface area contributed by atoms with Gasteiger partial charge in [0.15, 0.2) is 11.5 Å². The number of pyridine rings is 1. The van der Waals surface area contributed by atoms with E-state index >= 15 is 0 Å². The van der Waals surface area contributed by atoms with E-state index in [1.54, 1.807) is 26.5 Å². The molecule has 0 aliphatic carbocycles. The van der Waals surface area contributed by atoms with Crippen molar-refractivity contribution < 1.29 is 18.7 Å². The highest BCUT2D eigenvalue weighted by Crippen LogP contribution is 2.33. The Morgan fingerprint density at radius 2 is 2.00 bits per heavy atom. The van der Waals surface area contributed by atoms with Gasteiger partial charge in [-0.05, 0) is 12.1 Å². The highest BCUT2D eigenvalue weighted by atomic mass is 32.2. The Balaban J connectivity index is 1.90. The fourth-order valence-electron chi connectivity index (χ4n) is 2.33. The lowest BCUT2D eigenvalue weighted by Gasteiger charge is -2.11. The van der Waals surface area contributed by atoms with E-state index in [1.165, 1.54) is 16.5 Å². The van der Waals surface area contributed by atoms with Gasteiger partial charge < -0.3 is 14.3 Å². The summed E-state index contributed by atoms with van der Waals surface area (Å²) in [4.78, 5) is 13.9. The van der Waals surface area contributed by atoms with Crippen molar-refractivity contribution in [1.82, 2.24) is 14.7 Å². The smallest absolute Gasteiger partial charge is 0.253 e. The Kier molecular flexibility index (Phi) is 5.05. The fourth-order valence-corrected chi connectivity index (χ4v) is 3.24. The van der Waals surface area contributed by atoms with Crippen LogP contribution in [0.3, 0.4) is 0 Å². The lowest BCUT2D eigenvalue weighted by atomic mass is 10.3. The highest BCUT2D eigenvalue weighted by molar-refractivity contribution is 7.98. The molecule has 0 amide bonds. The molecule has 0 atom stereocenters. The van der Waals surface area contributed by atoms with Crippen LogP contribution in [-0.4, -0.2) is 35.8 Å². The van der Waals surface area contributed by atoms with E-state index in [1.807, 2.05) is 24.3 Å². The first-order chi connectivity index (χ1) is 11.8. The van der Waals surface area contributed by atoms with E-state index in [0.717, 1.165) is 5.52 Å². The van der Waals surface area contributed by atoms with E-state index in [0.29, 0.717) is 33.6 Å². The maximum atomic E-state index is 12.7. The molecule has 0 unspecified atom stereocenters. The van der Waals surface area contributed by atoms with E-state index in [4.69, 9.17) is 14.3 Å². The van der Waals surface area contributed by atoms with Crippen LogP contribution in [0.2, 0.25) is 0 Å². The molecule has 0 aliphatic heterocycles. The molecule has 0 saturated heterocycles. The number of para-hydroxylation sites is 2. The molecule has 0 aliphatic rings. The normalized spacial score (nSPS) is 10.8. The number of hydrogen-bond acceptors (Lipinski definition) is 6. The Hall–Kier alpha value is -2.48. The molecule has 2 heterocycles. The second-order valence-corrected chi connectivity index (χ2v) is 5.64. The molecule has 0 spiro atoms. The Labute approximate surface area is 142 Å². The molecular weight excluding hydrogens is 333 g/mol. The molecular formula is C16H16FN3O3S. The van der Waals surface area contributed by atoms with Gasteiger partial charge in [0.2, 0.25) is 5.16 Å². The van der Waals surface area contributed by atoms with Crippen LogP contribution in [0.4, 0.5) is 4.39 Å². The Morgan fingerprint density at radius 1 is 1.17 bits per heavy atom. The summed E-state index contributed by atoms with van der Waals surface area (Å²) in [6.45, 7) is -0.936. The summed E-state index contributed by atoms with van der Waals surface area (Å²) < 4.78 is 24.8. The van der Waals surface area contributed by atoms with Crippen LogP contribution in [0.1, 0.15) is 5.69 Å². The van der Waals surface area contributed by atoms with E-state index in [9.17, 15) is 4.39 Å². The van der Waals surface area contributed by atoms with Gasteiger partial charge in [-0.25, -0.2) is 9.37 Å². The number of halogens is 1. The molecule has 3 aromatic rings. The first-order valence-corrected chi connectivity index (χ1v) is 8.12. The highest BCUT2D eigenvalue weighted by Gasteiger charge is 2.16. The Morgan fingerprint density at radius 3 is 2.75 bits per heavy atom. The number of imidazole rings is 1. The molecule has 0 saturated carbocycles. The lowest BCUT2D eigenvalue weighted by Crippen LogP contribution is -2.11. The van der Waals surface area contributed by atoms with E-state index in [2.05, 4.69) is 9.97 Å². The zero-order chi connectivity index (χ0) is 16.9. The van der Waals surface area contributed by atoms with Crippen LogP contribution in [-0.2, 0) is 5.75 Å². The third-order valence-electron chi connectivity index (χ3n) is 3.37. The van der Waals surface area contributed by atoms with Gasteiger partial charge in [0.05, 0.1) is 25.4 Å². The molecule has 0 N–H and O–H groups in total. The number of methoxy groups -OCH3 is 2. The van der Waals surface area contributed by atoms with Crippen molar-refractivity contribution >= 4 is 22.8 Å².